The molecule has 0 saturated heterocycles. The Morgan fingerprint density at radius 2 is 1.86 bits per heavy atom. The molecule has 2 aromatic carbocycles. The molecule has 0 unspecified atom stereocenters. The Labute approximate surface area is 124 Å². The summed E-state index contributed by atoms with van der Waals surface area (Å²) >= 11 is 0. The third-order valence-electron chi connectivity index (χ3n) is 3.90. The smallest absolute Gasteiger partial charge is 0.253 e. The van der Waals surface area contributed by atoms with Crippen LogP contribution in [0.2, 0.25) is 0 Å². The van der Waals surface area contributed by atoms with Gasteiger partial charge in [0.15, 0.2) is 0 Å². The first-order valence-electron chi connectivity index (χ1n) is 7.47. The SMILES string of the molecule is CCCCN(c1cc(CC)ccc1C)c1c(N)c(=O)c1=O. The first-order chi connectivity index (χ1) is 10.0. The van der Waals surface area contributed by atoms with E-state index in [0.29, 0.717) is 12.2 Å². The molecule has 2 aromatic rings. The summed E-state index contributed by atoms with van der Waals surface area (Å²) in [5, 5.41) is 0. The number of aryl methyl sites for hydroxylation is 2. The summed E-state index contributed by atoms with van der Waals surface area (Å²) in [6.45, 7) is 6.89. The van der Waals surface area contributed by atoms with Crippen LogP contribution in [-0.2, 0) is 6.42 Å². The van der Waals surface area contributed by atoms with E-state index in [9.17, 15) is 9.59 Å². The van der Waals surface area contributed by atoms with Crippen molar-refractivity contribution in [3.63, 3.8) is 0 Å². The molecule has 0 aliphatic heterocycles. The van der Waals surface area contributed by atoms with Gasteiger partial charge < -0.3 is 10.6 Å². The molecule has 4 heteroatoms. The van der Waals surface area contributed by atoms with Gasteiger partial charge in [-0.05, 0) is 37.0 Å². The quantitative estimate of drug-likeness (QED) is 0.829. The van der Waals surface area contributed by atoms with E-state index >= 15 is 0 Å². The van der Waals surface area contributed by atoms with Gasteiger partial charge in [0.2, 0.25) is 0 Å². The maximum absolute atomic E-state index is 11.9. The zero-order chi connectivity index (χ0) is 15.6. The number of rotatable bonds is 6. The lowest BCUT2D eigenvalue weighted by atomic mass is 10.0. The highest BCUT2D eigenvalue weighted by Crippen LogP contribution is 2.31. The van der Waals surface area contributed by atoms with Crippen LogP contribution in [0.5, 0.6) is 0 Å². The van der Waals surface area contributed by atoms with Gasteiger partial charge in [0.25, 0.3) is 10.9 Å². The summed E-state index contributed by atoms with van der Waals surface area (Å²) in [5.41, 5.74) is 8.44. The molecule has 0 amide bonds. The molecular weight excluding hydrogens is 264 g/mol. The molecular formula is C17H22N2O2. The normalized spacial score (nSPS) is 11.0. The summed E-state index contributed by atoms with van der Waals surface area (Å²) in [5.74, 6) is 0. The summed E-state index contributed by atoms with van der Waals surface area (Å²) in [4.78, 5) is 25.2. The number of hydrogen-bond acceptors (Lipinski definition) is 4. The zero-order valence-corrected chi connectivity index (χ0v) is 12.9. The molecule has 2 N–H and O–H groups in total. The van der Waals surface area contributed by atoms with E-state index in [4.69, 9.17) is 5.73 Å². The molecule has 0 aliphatic carbocycles. The summed E-state index contributed by atoms with van der Waals surface area (Å²) in [6.07, 6.45) is 2.88. The molecule has 2 rings (SSSR count). The van der Waals surface area contributed by atoms with Gasteiger partial charge >= 0.3 is 0 Å². The van der Waals surface area contributed by atoms with Crippen molar-refractivity contribution in [2.45, 2.75) is 40.0 Å². The van der Waals surface area contributed by atoms with Crippen LogP contribution in [0, 0.1) is 6.92 Å². The highest BCUT2D eigenvalue weighted by molar-refractivity contribution is 5.80. The van der Waals surface area contributed by atoms with Crippen molar-refractivity contribution in [2.24, 2.45) is 0 Å². The minimum absolute atomic E-state index is 0.0948. The topological polar surface area (TPSA) is 63.4 Å². The van der Waals surface area contributed by atoms with Crippen molar-refractivity contribution in [1.82, 2.24) is 0 Å². The number of nitrogens with zero attached hydrogens (tertiary/aromatic N) is 1. The van der Waals surface area contributed by atoms with E-state index in [-0.39, 0.29) is 5.69 Å². The molecule has 0 fully saturated rings. The highest BCUT2D eigenvalue weighted by Gasteiger charge is 2.25. The van der Waals surface area contributed by atoms with Crippen LogP contribution >= 0.6 is 0 Å². The highest BCUT2D eigenvalue weighted by atomic mass is 16.2. The molecule has 4 nitrogen and oxygen atoms in total. The second-order valence-electron chi connectivity index (χ2n) is 5.40. The Kier molecular flexibility index (Phi) is 4.46. The molecule has 21 heavy (non-hydrogen) atoms. The molecule has 0 aliphatic rings. The minimum Gasteiger partial charge on any atom is -0.394 e. The first-order valence-corrected chi connectivity index (χ1v) is 7.47. The fourth-order valence-electron chi connectivity index (χ4n) is 2.50. The predicted octanol–water partition coefficient (Wildman–Crippen LogP) is 2.67. The van der Waals surface area contributed by atoms with Crippen molar-refractivity contribution < 1.29 is 0 Å². The van der Waals surface area contributed by atoms with Gasteiger partial charge in [0, 0.05) is 12.2 Å². The van der Waals surface area contributed by atoms with Crippen molar-refractivity contribution >= 4 is 17.1 Å². The predicted molar refractivity (Wildman–Crippen MR) is 88.2 cm³/mol. The average molecular weight is 286 g/mol. The largest absolute Gasteiger partial charge is 0.394 e. The van der Waals surface area contributed by atoms with Crippen LogP contribution in [0.4, 0.5) is 17.1 Å². The Bertz CT molecular complexity index is 712. The van der Waals surface area contributed by atoms with Crippen LogP contribution in [0.1, 0.15) is 37.8 Å². The van der Waals surface area contributed by atoms with Crippen LogP contribution in [0.15, 0.2) is 27.8 Å². The molecule has 112 valence electrons. The van der Waals surface area contributed by atoms with Crippen molar-refractivity contribution in [1.29, 1.82) is 0 Å². The second-order valence-corrected chi connectivity index (χ2v) is 5.40. The maximum Gasteiger partial charge on any atom is 0.253 e. The standard InChI is InChI=1S/C17H22N2O2/c1-4-6-9-19(15-14(18)16(20)17(15)21)13-10-12(5-2)8-7-11(13)3/h7-8,10H,4-6,9,18H2,1-3H3. The van der Waals surface area contributed by atoms with Gasteiger partial charge in [-0.2, -0.15) is 0 Å². The van der Waals surface area contributed by atoms with Gasteiger partial charge in [-0.3, -0.25) is 9.59 Å². The molecule has 0 heterocycles. The number of nitrogen functional groups attached to an aromatic ring is 1. The van der Waals surface area contributed by atoms with Crippen LogP contribution < -0.4 is 21.5 Å². The fourth-order valence-corrected chi connectivity index (χ4v) is 2.50. The number of nitrogens with two attached hydrogens (primary N) is 1. The third kappa shape index (κ3) is 2.71. The molecule has 0 aromatic heterocycles. The van der Waals surface area contributed by atoms with E-state index in [0.717, 1.165) is 30.5 Å². The monoisotopic (exact) mass is 286 g/mol. The molecule has 0 atom stereocenters. The van der Waals surface area contributed by atoms with Gasteiger partial charge in [0.1, 0.15) is 11.4 Å². The summed E-state index contributed by atoms with van der Waals surface area (Å²) in [7, 11) is 0. The number of anilines is 3. The zero-order valence-electron chi connectivity index (χ0n) is 12.9. The fraction of sp³-hybridized carbons (Fsp3) is 0.412. The Balaban J connectivity index is 2.51. The molecule has 0 bridgehead atoms. The van der Waals surface area contributed by atoms with Gasteiger partial charge in [-0.15, -0.1) is 0 Å². The van der Waals surface area contributed by atoms with Gasteiger partial charge in [-0.25, -0.2) is 0 Å². The minimum atomic E-state index is -0.559. The van der Waals surface area contributed by atoms with Gasteiger partial charge in [-0.1, -0.05) is 32.4 Å². The number of benzene rings is 1. The number of hydrogen-bond donors (Lipinski definition) is 1. The van der Waals surface area contributed by atoms with E-state index in [2.05, 4.69) is 32.0 Å². The molecule has 0 spiro atoms. The van der Waals surface area contributed by atoms with Crippen LogP contribution in [0.3, 0.4) is 0 Å². The van der Waals surface area contributed by atoms with E-state index in [1.165, 1.54) is 5.56 Å². The van der Waals surface area contributed by atoms with Crippen LogP contribution in [0.25, 0.3) is 0 Å². The van der Waals surface area contributed by atoms with Crippen molar-refractivity contribution in [3.8, 4) is 0 Å². The van der Waals surface area contributed by atoms with Crippen LogP contribution in [-0.4, -0.2) is 6.54 Å². The summed E-state index contributed by atoms with van der Waals surface area (Å²) < 4.78 is 0. The van der Waals surface area contributed by atoms with E-state index in [1.807, 2.05) is 11.8 Å². The molecule has 0 radical (unpaired) electrons. The molecule has 0 saturated carbocycles. The lowest BCUT2D eigenvalue weighted by Gasteiger charge is -2.28. The second kappa shape index (κ2) is 6.12. The Hall–Kier alpha value is -2.10. The third-order valence-corrected chi connectivity index (χ3v) is 3.90. The summed E-state index contributed by atoms with van der Waals surface area (Å²) in [6, 6.07) is 6.22. The van der Waals surface area contributed by atoms with Crippen molar-refractivity contribution in [2.75, 3.05) is 17.2 Å². The first kappa shape index (κ1) is 15.3. The maximum atomic E-state index is 11.9. The van der Waals surface area contributed by atoms with Gasteiger partial charge in [0.05, 0.1) is 0 Å². The average Bonchev–Trinajstić information content (AvgIpc) is 2.51. The Morgan fingerprint density at radius 1 is 1.14 bits per heavy atom. The van der Waals surface area contributed by atoms with E-state index in [1.54, 1.807) is 0 Å². The number of unbranched alkanes of at least 4 members (excludes halogenated alkanes) is 1. The Morgan fingerprint density at radius 3 is 2.43 bits per heavy atom. The lowest BCUT2D eigenvalue weighted by molar-refractivity contribution is 0.781. The van der Waals surface area contributed by atoms with Crippen molar-refractivity contribution in [3.05, 3.63) is 49.8 Å². The lowest BCUT2D eigenvalue weighted by Crippen LogP contribution is -2.41. The van der Waals surface area contributed by atoms with E-state index < -0.39 is 10.9 Å².